The van der Waals surface area contributed by atoms with E-state index >= 15 is 0 Å². The molecule has 2 nitrogen and oxygen atoms in total. The first kappa shape index (κ1) is 14.0. The van der Waals surface area contributed by atoms with Crippen molar-refractivity contribution in [1.29, 1.82) is 0 Å². The number of rotatable bonds is 5. The van der Waals surface area contributed by atoms with Gasteiger partial charge in [-0.05, 0) is 23.0 Å². The molecule has 0 saturated heterocycles. The molecule has 0 bridgehead atoms. The first-order chi connectivity index (χ1) is 7.99. The molecule has 1 rings (SSSR count). The summed E-state index contributed by atoms with van der Waals surface area (Å²) in [5.74, 6) is 1.09. The summed E-state index contributed by atoms with van der Waals surface area (Å²) in [5.41, 5.74) is 9.90. The van der Waals surface area contributed by atoms with Gasteiger partial charge in [0.1, 0.15) is 0 Å². The summed E-state index contributed by atoms with van der Waals surface area (Å²) in [6.07, 6.45) is 0. The van der Waals surface area contributed by atoms with E-state index in [1.54, 1.807) is 0 Å². The second-order valence-electron chi connectivity index (χ2n) is 5.30. The second kappa shape index (κ2) is 6.06. The van der Waals surface area contributed by atoms with Gasteiger partial charge >= 0.3 is 0 Å². The summed E-state index contributed by atoms with van der Waals surface area (Å²) in [7, 11) is 2.14. The molecule has 0 aromatic heterocycles. The highest BCUT2D eigenvalue weighted by Gasteiger charge is 2.16. The number of hydrogen-bond donors (Lipinski definition) is 1. The van der Waals surface area contributed by atoms with Crippen molar-refractivity contribution < 1.29 is 0 Å². The molecular formula is C15H26N2. The van der Waals surface area contributed by atoms with Crippen molar-refractivity contribution in [3.63, 3.8) is 0 Å². The lowest BCUT2D eigenvalue weighted by molar-refractivity contribution is 0.797. The molecule has 0 amide bonds. The highest BCUT2D eigenvalue weighted by Crippen LogP contribution is 2.34. The number of nitrogens with zero attached hydrogens (tertiary/aromatic N) is 1. The third kappa shape index (κ3) is 3.22. The van der Waals surface area contributed by atoms with Gasteiger partial charge in [-0.15, -0.1) is 0 Å². The lowest BCUT2D eigenvalue weighted by Crippen LogP contribution is -2.27. The average Bonchev–Trinajstić information content (AvgIpc) is 2.28. The van der Waals surface area contributed by atoms with Crippen LogP contribution in [-0.2, 0) is 0 Å². The van der Waals surface area contributed by atoms with E-state index in [1.165, 1.54) is 16.8 Å². The Morgan fingerprint density at radius 1 is 1.06 bits per heavy atom. The van der Waals surface area contributed by atoms with E-state index in [2.05, 4.69) is 57.8 Å². The van der Waals surface area contributed by atoms with Crippen molar-refractivity contribution >= 4 is 5.69 Å². The van der Waals surface area contributed by atoms with E-state index < -0.39 is 0 Å². The predicted octanol–water partition coefficient (Wildman–Crippen LogP) is 3.33. The van der Waals surface area contributed by atoms with Crippen molar-refractivity contribution in [3.8, 4) is 0 Å². The molecule has 2 N–H and O–H groups in total. The number of likely N-dealkylation sites (N-methyl/N-ethyl adjacent to an activating group) is 1. The van der Waals surface area contributed by atoms with Crippen LogP contribution < -0.4 is 10.6 Å². The topological polar surface area (TPSA) is 29.3 Å². The first-order valence-electron chi connectivity index (χ1n) is 6.53. The highest BCUT2D eigenvalue weighted by molar-refractivity contribution is 5.61. The minimum absolute atomic E-state index is 0.545. The third-order valence-corrected chi connectivity index (χ3v) is 3.19. The van der Waals surface area contributed by atoms with Gasteiger partial charge in [-0.1, -0.05) is 45.9 Å². The Balaban J connectivity index is 3.28. The van der Waals surface area contributed by atoms with Gasteiger partial charge in [0.2, 0.25) is 0 Å². The monoisotopic (exact) mass is 234 g/mol. The zero-order chi connectivity index (χ0) is 13.0. The maximum atomic E-state index is 5.68. The molecule has 0 saturated carbocycles. The Morgan fingerprint density at radius 2 is 1.53 bits per heavy atom. The standard InChI is InChI=1S/C15H26N2/c1-11(2)13-7-6-8-14(12(3)4)15(13)17(5)10-9-16/h6-8,11-12H,9-10,16H2,1-5H3. The van der Waals surface area contributed by atoms with E-state index in [0.717, 1.165) is 6.54 Å². The van der Waals surface area contributed by atoms with Crippen LogP contribution in [0, 0.1) is 0 Å². The highest BCUT2D eigenvalue weighted by atomic mass is 15.1. The Labute approximate surface area is 106 Å². The minimum atomic E-state index is 0.545. The summed E-state index contributed by atoms with van der Waals surface area (Å²) < 4.78 is 0. The SMILES string of the molecule is CC(C)c1cccc(C(C)C)c1N(C)CCN. The fourth-order valence-electron chi connectivity index (χ4n) is 2.26. The van der Waals surface area contributed by atoms with E-state index in [1.807, 2.05) is 0 Å². The van der Waals surface area contributed by atoms with Crippen LogP contribution in [-0.4, -0.2) is 20.1 Å². The van der Waals surface area contributed by atoms with Gasteiger partial charge in [0, 0.05) is 25.8 Å². The molecule has 0 spiro atoms. The van der Waals surface area contributed by atoms with Crippen LogP contribution in [0.4, 0.5) is 5.69 Å². The van der Waals surface area contributed by atoms with Gasteiger partial charge in [0.25, 0.3) is 0 Å². The average molecular weight is 234 g/mol. The summed E-state index contributed by atoms with van der Waals surface area (Å²) >= 11 is 0. The summed E-state index contributed by atoms with van der Waals surface area (Å²) in [6, 6.07) is 6.64. The summed E-state index contributed by atoms with van der Waals surface area (Å²) in [6.45, 7) is 10.6. The quantitative estimate of drug-likeness (QED) is 0.846. The van der Waals surface area contributed by atoms with Crippen LogP contribution in [0.15, 0.2) is 18.2 Å². The normalized spacial score (nSPS) is 11.3. The Kier molecular flexibility index (Phi) is 5.01. The van der Waals surface area contributed by atoms with E-state index in [-0.39, 0.29) is 0 Å². The Hall–Kier alpha value is -1.02. The molecule has 0 fully saturated rings. The van der Waals surface area contributed by atoms with E-state index in [4.69, 9.17) is 5.73 Å². The molecule has 1 aromatic rings. The van der Waals surface area contributed by atoms with Crippen molar-refractivity contribution in [1.82, 2.24) is 0 Å². The number of nitrogens with two attached hydrogens (primary N) is 1. The maximum Gasteiger partial charge on any atom is 0.0434 e. The molecule has 96 valence electrons. The lowest BCUT2D eigenvalue weighted by Gasteiger charge is -2.28. The molecule has 2 heteroatoms. The van der Waals surface area contributed by atoms with E-state index in [9.17, 15) is 0 Å². The number of benzene rings is 1. The largest absolute Gasteiger partial charge is 0.373 e. The van der Waals surface area contributed by atoms with Crippen molar-refractivity contribution in [2.75, 3.05) is 25.0 Å². The fraction of sp³-hybridized carbons (Fsp3) is 0.600. The molecule has 0 atom stereocenters. The van der Waals surface area contributed by atoms with Crippen molar-refractivity contribution in [2.45, 2.75) is 39.5 Å². The first-order valence-corrected chi connectivity index (χ1v) is 6.53. The Morgan fingerprint density at radius 3 is 1.88 bits per heavy atom. The van der Waals surface area contributed by atoms with Crippen LogP contribution in [0.25, 0.3) is 0 Å². The van der Waals surface area contributed by atoms with Gasteiger partial charge < -0.3 is 10.6 Å². The molecule has 0 unspecified atom stereocenters. The van der Waals surface area contributed by atoms with Crippen LogP contribution in [0.3, 0.4) is 0 Å². The summed E-state index contributed by atoms with van der Waals surface area (Å²) in [5, 5.41) is 0. The molecule has 0 aliphatic rings. The van der Waals surface area contributed by atoms with Crippen LogP contribution in [0.5, 0.6) is 0 Å². The fourth-order valence-corrected chi connectivity index (χ4v) is 2.26. The molecule has 0 radical (unpaired) electrons. The molecule has 1 aromatic carbocycles. The second-order valence-corrected chi connectivity index (χ2v) is 5.30. The molecule has 0 heterocycles. The van der Waals surface area contributed by atoms with E-state index in [0.29, 0.717) is 18.4 Å². The van der Waals surface area contributed by atoms with Crippen LogP contribution >= 0.6 is 0 Å². The maximum absolute atomic E-state index is 5.68. The van der Waals surface area contributed by atoms with Crippen molar-refractivity contribution in [2.24, 2.45) is 5.73 Å². The van der Waals surface area contributed by atoms with Crippen LogP contribution in [0.1, 0.15) is 50.7 Å². The van der Waals surface area contributed by atoms with Gasteiger partial charge in [0.05, 0.1) is 0 Å². The zero-order valence-corrected chi connectivity index (χ0v) is 11.8. The molecule has 0 aliphatic carbocycles. The molecule has 17 heavy (non-hydrogen) atoms. The molecular weight excluding hydrogens is 208 g/mol. The number of anilines is 1. The number of hydrogen-bond acceptors (Lipinski definition) is 2. The summed E-state index contributed by atoms with van der Waals surface area (Å²) in [4.78, 5) is 2.30. The van der Waals surface area contributed by atoms with Gasteiger partial charge in [-0.25, -0.2) is 0 Å². The van der Waals surface area contributed by atoms with Crippen LogP contribution in [0.2, 0.25) is 0 Å². The van der Waals surface area contributed by atoms with Gasteiger partial charge in [0.15, 0.2) is 0 Å². The lowest BCUT2D eigenvalue weighted by atomic mass is 9.92. The van der Waals surface area contributed by atoms with Crippen molar-refractivity contribution in [3.05, 3.63) is 29.3 Å². The minimum Gasteiger partial charge on any atom is -0.373 e. The predicted molar refractivity (Wildman–Crippen MR) is 76.9 cm³/mol. The Bertz CT molecular complexity index is 330. The molecule has 0 aliphatic heterocycles. The number of para-hydroxylation sites is 1. The van der Waals surface area contributed by atoms with Gasteiger partial charge in [-0.2, -0.15) is 0 Å². The van der Waals surface area contributed by atoms with Gasteiger partial charge in [-0.3, -0.25) is 0 Å². The zero-order valence-electron chi connectivity index (χ0n) is 11.8. The third-order valence-electron chi connectivity index (χ3n) is 3.19. The smallest absolute Gasteiger partial charge is 0.0434 e.